The van der Waals surface area contributed by atoms with Gasteiger partial charge in [0, 0.05) is 16.1 Å². The lowest BCUT2D eigenvalue weighted by Crippen LogP contribution is -2.17. The van der Waals surface area contributed by atoms with Crippen LogP contribution in [0.3, 0.4) is 0 Å². The third-order valence-corrected chi connectivity index (χ3v) is 5.80. The second-order valence-corrected chi connectivity index (χ2v) is 8.78. The highest BCUT2D eigenvalue weighted by molar-refractivity contribution is 14.1. The average Bonchev–Trinajstić information content (AvgIpc) is 2.83. The van der Waals surface area contributed by atoms with E-state index in [4.69, 9.17) is 25.8 Å². The van der Waals surface area contributed by atoms with E-state index in [1.165, 1.54) is 0 Å². The van der Waals surface area contributed by atoms with Gasteiger partial charge in [-0.05, 0) is 84.0 Å². The van der Waals surface area contributed by atoms with Crippen LogP contribution in [-0.2, 0) is 6.61 Å². The molecule has 178 valence electrons. The maximum absolute atomic E-state index is 12.4. The van der Waals surface area contributed by atoms with Crippen LogP contribution in [0.15, 0.2) is 65.8 Å². The van der Waals surface area contributed by atoms with Crippen molar-refractivity contribution in [3.05, 3.63) is 85.9 Å². The zero-order valence-electron chi connectivity index (χ0n) is 19.0. The van der Waals surface area contributed by atoms with E-state index in [1.54, 1.807) is 30.5 Å². The van der Waals surface area contributed by atoms with E-state index in [-0.39, 0.29) is 5.91 Å². The fourth-order valence-corrected chi connectivity index (χ4v) is 3.95. The second-order valence-electron chi connectivity index (χ2n) is 7.22. The van der Waals surface area contributed by atoms with Crippen molar-refractivity contribution in [2.45, 2.75) is 26.9 Å². The molecule has 0 spiro atoms. The first-order valence-electron chi connectivity index (χ1n) is 10.9. The van der Waals surface area contributed by atoms with Crippen molar-refractivity contribution in [2.75, 3.05) is 13.2 Å². The second kappa shape index (κ2) is 13.2. The fraction of sp³-hybridized carbons (Fsp3) is 0.231. The smallest absolute Gasteiger partial charge is 0.271 e. The Morgan fingerprint density at radius 2 is 1.82 bits per heavy atom. The number of hydrogen-bond acceptors (Lipinski definition) is 5. The molecule has 0 unspecified atom stereocenters. The molecule has 0 radical (unpaired) electrons. The van der Waals surface area contributed by atoms with E-state index in [0.29, 0.717) is 41.9 Å². The Bertz CT molecular complexity index is 1140. The van der Waals surface area contributed by atoms with Crippen molar-refractivity contribution in [2.24, 2.45) is 5.10 Å². The highest BCUT2D eigenvalue weighted by Gasteiger charge is 2.13. The largest absolute Gasteiger partial charge is 0.494 e. The van der Waals surface area contributed by atoms with E-state index in [1.807, 2.05) is 50.2 Å². The summed E-state index contributed by atoms with van der Waals surface area (Å²) in [6.07, 6.45) is 2.49. The Balaban J connectivity index is 1.67. The molecule has 1 N–H and O–H groups in total. The predicted molar refractivity (Wildman–Crippen MR) is 143 cm³/mol. The summed E-state index contributed by atoms with van der Waals surface area (Å²) in [7, 11) is 0. The molecule has 0 bridgehead atoms. The summed E-state index contributed by atoms with van der Waals surface area (Å²) in [4.78, 5) is 12.4. The number of benzene rings is 3. The summed E-state index contributed by atoms with van der Waals surface area (Å²) in [5, 5.41) is 4.75. The van der Waals surface area contributed by atoms with Crippen molar-refractivity contribution >= 4 is 46.3 Å². The Morgan fingerprint density at radius 1 is 1.06 bits per heavy atom. The molecule has 0 saturated carbocycles. The molecule has 0 aliphatic carbocycles. The van der Waals surface area contributed by atoms with Gasteiger partial charge in [-0.3, -0.25) is 4.79 Å². The summed E-state index contributed by atoms with van der Waals surface area (Å²) in [5.74, 6) is 1.65. The van der Waals surface area contributed by atoms with Gasteiger partial charge in [-0.25, -0.2) is 5.43 Å². The molecule has 0 saturated heterocycles. The number of carbonyl (C=O) groups excluding carboxylic acids is 1. The van der Waals surface area contributed by atoms with Crippen LogP contribution in [-0.4, -0.2) is 25.3 Å². The van der Waals surface area contributed by atoms with Crippen LogP contribution in [0, 0.1) is 3.57 Å². The number of nitrogens with one attached hydrogen (secondary N) is 1. The Labute approximate surface area is 218 Å². The molecule has 0 aliphatic heterocycles. The van der Waals surface area contributed by atoms with Crippen LogP contribution >= 0.6 is 34.2 Å². The number of amides is 1. The molecular formula is C26H26ClIN2O4. The van der Waals surface area contributed by atoms with Gasteiger partial charge in [0.25, 0.3) is 5.91 Å². The Hall–Kier alpha value is -2.78. The zero-order chi connectivity index (χ0) is 24.3. The van der Waals surface area contributed by atoms with Gasteiger partial charge in [-0.15, -0.1) is 0 Å². The van der Waals surface area contributed by atoms with Crippen LogP contribution in [0.1, 0.15) is 41.8 Å². The van der Waals surface area contributed by atoms with Crippen molar-refractivity contribution < 1.29 is 19.0 Å². The van der Waals surface area contributed by atoms with Crippen LogP contribution < -0.4 is 19.6 Å². The molecule has 34 heavy (non-hydrogen) atoms. The number of ether oxygens (including phenoxy) is 3. The SMILES string of the molecule is CCCOc1ccc(C(=O)N/N=C/c2cc(I)c(OCc3ccccc3Cl)c(OCC)c2)cc1. The van der Waals surface area contributed by atoms with Crippen LogP contribution in [0.2, 0.25) is 5.02 Å². The number of rotatable bonds is 11. The topological polar surface area (TPSA) is 69.2 Å². The van der Waals surface area contributed by atoms with E-state index < -0.39 is 0 Å². The van der Waals surface area contributed by atoms with Gasteiger partial charge in [0.05, 0.1) is 23.0 Å². The van der Waals surface area contributed by atoms with Crippen LogP contribution in [0.4, 0.5) is 0 Å². The average molecular weight is 593 g/mol. The monoisotopic (exact) mass is 592 g/mol. The molecule has 0 fully saturated rings. The number of halogens is 2. The zero-order valence-corrected chi connectivity index (χ0v) is 21.9. The molecule has 3 aromatic rings. The van der Waals surface area contributed by atoms with E-state index in [2.05, 4.69) is 33.1 Å². The number of nitrogens with zero attached hydrogens (tertiary/aromatic N) is 1. The molecule has 0 atom stereocenters. The maximum atomic E-state index is 12.4. The van der Waals surface area contributed by atoms with Gasteiger partial charge < -0.3 is 14.2 Å². The first-order valence-corrected chi connectivity index (χ1v) is 12.4. The lowest BCUT2D eigenvalue weighted by atomic mass is 10.2. The fourth-order valence-electron chi connectivity index (χ4n) is 2.98. The number of hydrazone groups is 1. The molecule has 6 nitrogen and oxygen atoms in total. The van der Waals surface area contributed by atoms with Gasteiger partial charge in [0.2, 0.25) is 0 Å². The molecule has 1 amide bonds. The van der Waals surface area contributed by atoms with Crippen LogP contribution in [0.5, 0.6) is 17.2 Å². The third-order valence-electron chi connectivity index (χ3n) is 4.63. The van der Waals surface area contributed by atoms with Crippen molar-refractivity contribution in [3.63, 3.8) is 0 Å². The van der Waals surface area contributed by atoms with Crippen molar-refractivity contribution in [3.8, 4) is 17.2 Å². The molecule has 0 aliphatic rings. The lowest BCUT2D eigenvalue weighted by molar-refractivity contribution is 0.0955. The minimum Gasteiger partial charge on any atom is -0.494 e. The van der Waals surface area contributed by atoms with Crippen LogP contribution in [0.25, 0.3) is 0 Å². The molecular weight excluding hydrogens is 567 g/mol. The number of hydrogen-bond donors (Lipinski definition) is 1. The van der Waals surface area contributed by atoms with E-state index in [9.17, 15) is 4.79 Å². The van der Waals surface area contributed by atoms with Gasteiger partial charge in [0.15, 0.2) is 11.5 Å². The predicted octanol–water partition coefficient (Wildman–Crippen LogP) is 6.48. The summed E-state index contributed by atoms with van der Waals surface area (Å²) >= 11 is 8.43. The quantitative estimate of drug-likeness (QED) is 0.157. The van der Waals surface area contributed by atoms with Crippen molar-refractivity contribution in [1.29, 1.82) is 0 Å². The minimum atomic E-state index is -0.308. The molecule has 0 aromatic heterocycles. The first-order chi connectivity index (χ1) is 16.5. The first kappa shape index (κ1) is 25.8. The molecule has 8 heteroatoms. The van der Waals surface area contributed by atoms with Gasteiger partial charge in [-0.1, -0.05) is 36.7 Å². The highest BCUT2D eigenvalue weighted by Crippen LogP contribution is 2.35. The lowest BCUT2D eigenvalue weighted by Gasteiger charge is -2.15. The molecule has 3 rings (SSSR count). The van der Waals surface area contributed by atoms with E-state index in [0.717, 1.165) is 26.9 Å². The Kier molecular flexibility index (Phi) is 10.0. The standard InChI is InChI=1S/C26H26ClIN2O4/c1-3-13-33-21-11-9-19(10-12-21)26(31)30-29-16-18-14-23(28)25(24(15-18)32-4-2)34-17-20-7-5-6-8-22(20)27/h5-12,14-16H,3-4,13,17H2,1-2H3,(H,30,31)/b29-16+. The Morgan fingerprint density at radius 3 is 2.53 bits per heavy atom. The van der Waals surface area contributed by atoms with Gasteiger partial charge in [-0.2, -0.15) is 5.10 Å². The number of carbonyl (C=O) groups is 1. The maximum Gasteiger partial charge on any atom is 0.271 e. The van der Waals surface area contributed by atoms with Gasteiger partial charge >= 0.3 is 0 Å². The van der Waals surface area contributed by atoms with E-state index >= 15 is 0 Å². The highest BCUT2D eigenvalue weighted by atomic mass is 127. The van der Waals surface area contributed by atoms with Crippen molar-refractivity contribution in [1.82, 2.24) is 5.43 Å². The summed E-state index contributed by atoms with van der Waals surface area (Å²) in [6, 6.07) is 18.2. The minimum absolute atomic E-state index is 0.308. The summed E-state index contributed by atoms with van der Waals surface area (Å²) in [6.45, 7) is 5.39. The normalized spacial score (nSPS) is 10.8. The molecule has 3 aromatic carbocycles. The summed E-state index contributed by atoms with van der Waals surface area (Å²) in [5.41, 5.74) is 4.70. The third kappa shape index (κ3) is 7.36. The van der Waals surface area contributed by atoms with Gasteiger partial charge in [0.1, 0.15) is 12.4 Å². The summed E-state index contributed by atoms with van der Waals surface area (Å²) < 4.78 is 18.2. The molecule has 0 heterocycles.